The lowest BCUT2D eigenvalue weighted by atomic mass is 9.98. The van der Waals surface area contributed by atoms with Crippen molar-refractivity contribution in [2.24, 2.45) is 0 Å². The molecule has 0 atom stereocenters. The standard InChI is InChI=1S/C41H31F3N6O3/c42-41(43,44)28-11-7-10-27(21-28)24-49-37-18-6-5-17-35(37)46-39(49)47-38(51)36-19-20-50(48-36)29-12-8-9-26(22-29)23-45-40(52)53-25-34-32-15-3-1-13-30(32)31-14-2-4-16-33(31)34/h1-22,34H,23-25H2,(H,45,52)(H,46,47,51). The van der Waals surface area contributed by atoms with Crippen LogP contribution >= 0.6 is 0 Å². The van der Waals surface area contributed by atoms with Crippen molar-refractivity contribution in [2.45, 2.75) is 25.2 Å². The number of carbonyl (C=O) groups is 2. The highest BCUT2D eigenvalue weighted by Crippen LogP contribution is 2.44. The first-order chi connectivity index (χ1) is 25.7. The molecule has 53 heavy (non-hydrogen) atoms. The van der Waals surface area contributed by atoms with Gasteiger partial charge < -0.3 is 14.6 Å². The van der Waals surface area contributed by atoms with E-state index in [9.17, 15) is 22.8 Å². The molecule has 9 nitrogen and oxygen atoms in total. The SMILES string of the molecule is O=C(NCc1cccc(-n2ccc(C(=O)Nc3nc4ccccc4n3Cc3cccc(C(F)(F)F)c3)n2)c1)OCC1c2ccccc2-c2ccccc21. The summed E-state index contributed by atoms with van der Waals surface area (Å²) in [6, 6.07) is 37.4. The van der Waals surface area contributed by atoms with Gasteiger partial charge in [-0.2, -0.15) is 18.3 Å². The van der Waals surface area contributed by atoms with Gasteiger partial charge in [0, 0.05) is 18.7 Å². The number of fused-ring (bicyclic) bond motifs is 4. The van der Waals surface area contributed by atoms with Gasteiger partial charge >= 0.3 is 12.3 Å². The van der Waals surface area contributed by atoms with Crippen LogP contribution in [0.15, 0.2) is 134 Å². The highest BCUT2D eigenvalue weighted by Gasteiger charge is 2.31. The maximum Gasteiger partial charge on any atom is 0.416 e. The van der Waals surface area contributed by atoms with E-state index in [1.165, 1.54) is 10.7 Å². The maximum absolute atomic E-state index is 13.4. The molecule has 0 fully saturated rings. The number of ether oxygens (including phenoxy) is 1. The van der Waals surface area contributed by atoms with Gasteiger partial charge in [-0.05, 0) is 75.8 Å². The van der Waals surface area contributed by atoms with Crippen LogP contribution in [-0.4, -0.2) is 37.9 Å². The van der Waals surface area contributed by atoms with Gasteiger partial charge in [0.2, 0.25) is 5.95 Å². The number of para-hydroxylation sites is 2. The number of anilines is 1. The van der Waals surface area contributed by atoms with Crippen molar-refractivity contribution in [1.82, 2.24) is 24.6 Å². The third kappa shape index (κ3) is 6.86. The minimum Gasteiger partial charge on any atom is -0.449 e. The number of rotatable bonds is 9. The Morgan fingerprint density at radius 2 is 1.47 bits per heavy atom. The number of benzene rings is 5. The topological polar surface area (TPSA) is 103 Å². The van der Waals surface area contributed by atoms with Gasteiger partial charge in [-0.25, -0.2) is 14.5 Å². The summed E-state index contributed by atoms with van der Waals surface area (Å²) >= 11 is 0. The zero-order valence-electron chi connectivity index (χ0n) is 28.0. The van der Waals surface area contributed by atoms with Crippen molar-refractivity contribution in [3.8, 4) is 16.8 Å². The summed E-state index contributed by atoms with van der Waals surface area (Å²) in [5.74, 6) is -0.418. The van der Waals surface area contributed by atoms with Crippen LogP contribution in [0.25, 0.3) is 27.8 Å². The van der Waals surface area contributed by atoms with Crippen LogP contribution in [0.2, 0.25) is 0 Å². The second-order valence-corrected chi connectivity index (χ2v) is 12.7. The van der Waals surface area contributed by atoms with E-state index < -0.39 is 23.7 Å². The Kier molecular flexibility index (Phi) is 8.71. The van der Waals surface area contributed by atoms with E-state index >= 15 is 0 Å². The third-order valence-corrected chi connectivity index (χ3v) is 9.25. The minimum absolute atomic E-state index is 0.0443. The quantitative estimate of drug-likeness (QED) is 0.156. The second kappa shape index (κ2) is 13.8. The number of hydrogen-bond donors (Lipinski definition) is 2. The van der Waals surface area contributed by atoms with Gasteiger partial charge in [-0.1, -0.05) is 84.9 Å². The first kappa shape index (κ1) is 33.5. The van der Waals surface area contributed by atoms with E-state index in [0.29, 0.717) is 22.3 Å². The number of halogens is 3. The Morgan fingerprint density at radius 1 is 0.774 bits per heavy atom. The molecule has 1 aliphatic carbocycles. The van der Waals surface area contributed by atoms with E-state index in [-0.39, 0.29) is 37.3 Å². The van der Waals surface area contributed by atoms with Gasteiger partial charge in [0.15, 0.2) is 5.69 Å². The lowest BCUT2D eigenvalue weighted by molar-refractivity contribution is -0.137. The minimum atomic E-state index is -4.48. The fraction of sp³-hybridized carbons (Fsp3) is 0.122. The summed E-state index contributed by atoms with van der Waals surface area (Å²) in [5, 5.41) is 10.1. The number of nitrogens with one attached hydrogen (secondary N) is 2. The summed E-state index contributed by atoms with van der Waals surface area (Å²) in [4.78, 5) is 30.7. The molecule has 264 valence electrons. The van der Waals surface area contributed by atoms with Crippen molar-refractivity contribution in [3.63, 3.8) is 0 Å². The summed E-state index contributed by atoms with van der Waals surface area (Å²) < 4.78 is 49.1. The molecule has 0 radical (unpaired) electrons. The molecule has 5 aromatic carbocycles. The molecule has 8 rings (SSSR count). The lowest BCUT2D eigenvalue weighted by Gasteiger charge is -2.14. The zero-order valence-corrected chi connectivity index (χ0v) is 28.0. The molecule has 2 N–H and O–H groups in total. The Labute approximate surface area is 301 Å². The molecular weight excluding hydrogens is 681 g/mol. The molecule has 7 aromatic rings. The van der Waals surface area contributed by atoms with E-state index in [1.807, 2.05) is 48.5 Å². The van der Waals surface area contributed by atoms with Crippen LogP contribution in [0.4, 0.5) is 23.9 Å². The normalized spacial score (nSPS) is 12.4. The molecular formula is C41H31F3N6O3. The average molecular weight is 713 g/mol. The number of carbonyl (C=O) groups excluding carboxylic acids is 2. The highest BCUT2D eigenvalue weighted by molar-refractivity contribution is 6.02. The average Bonchev–Trinajstić information content (AvgIpc) is 3.88. The number of aromatic nitrogens is 4. The van der Waals surface area contributed by atoms with Gasteiger partial charge in [0.25, 0.3) is 5.91 Å². The Morgan fingerprint density at radius 3 is 2.25 bits per heavy atom. The summed E-state index contributed by atoms with van der Waals surface area (Å²) in [5.41, 5.74) is 6.99. The molecule has 0 spiro atoms. The van der Waals surface area contributed by atoms with Crippen LogP contribution in [0.1, 0.15) is 44.2 Å². The van der Waals surface area contributed by atoms with E-state index in [0.717, 1.165) is 39.9 Å². The third-order valence-electron chi connectivity index (χ3n) is 9.25. The Bertz CT molecular complexity index is 2440. The summed E-state index contributed by atoms with van der Waals surface area (Å²) in [7, 11) is 0. The fourth-order valence-corrected chi connectivity index (χ4v) is 6.75. The molecule has 1 aliphatic rings. The number of hydrogen-bond acceptors (Lipinski definition) is 5. The smallest absolute Gasteiger partial charge is 0.416 e. The molecule has 0 saturated carbocycles. The maximum atomic E-state index is 13.4. The molecule has 0 saturated heterocycles. The molecule has 0 aliphatic heterocycles. The van der Waals surface area contributed by atoms with E-state index in [2.05, 4.69) is 45.0 Å². The molecule has 2 aromatic heterocycles. The van der Waals surface area contributed by atoms with Gasteiger partial charge in [-0.3, -0.25) is 10.1 Å². The molecule has 0 bridgehead atoms. The summed E-state index contributed by atoms with van der Waals surface area (Å²) in [6.45, 7) is 0.464. The zero-order chi connectivity index (χ0) is 36.5. The van der Waals surface area contributed by atoms with Gasteiger partial charge in [-0.15, -0.1) is 0 Å². The van der Waals surface area contributed by atoms with Crippen molar-refractivity contribution >= 4 is 29.0 Å². The monoisotopic (exact) mass is 712 g/mol. The second-order valence-electron chi connectivity index (χ2n) is 12.7. The molecule has 2 heterocycles. The van der Waals surface area contributed by atoms with Crippen molar-refractivity contribution in [2.75, 3.05) is 11.9 Å². The fourth-order valence-electron chi connectivity index (χ4n) is 6.75. The van der Waals surface area contributed by atoms with Crippen molar-refractivity contribution in [1.29, 1.82) is 0 Å². The Hall–Kier alpha value is -6.69. The predicted molar refractivity (Wildman–Crippen MR) is 194 cm³/mol. The number of imidazole rings is 1. The molecule has 2 amide bonds. The van der Waals surface area contributed by atoms with Crippen molar-refractivity contribution in [3.05, 3.63) is 167 Å². The van der Waals surface area contributed by atoms with Crippen LogP contribution < -0.4 is 10.6 Å². The highest BCUT2D eigenvalue weighted by atomic mass is 19.4. The van der Waals surface area contributed by atoms with E-state index in [1.54, 1.807) is 47.2 Å². The van der Waals surface area contributed by atoms with Crippen LogP contribution in [0.3, 0.4) is 0 Å². The molecule has 12 heteroatoms. The predicted octanol–water partition coefficient (Wildman–Crippen LogP) is 8.58. The van der Waals surface area contributed by atoms with Crippen LogP contribution in [-0.2, 0) is 24.0 Å². The summed E-state index contributed by atoms with van der Waals surface area (Å²) in [6.07, 6.45) is -3.38. The first-order valence-electron chi connectivity index (χ1n) is 16.9. The largest absolute Gasteiger partial charge is 0.449 e. The number of nitrogens with zero attached hydrogens (tertiary/aromatic N) is 4. The van der Waals surface area contributed by atoms with Gasteiger partial charge in [0.05, 0.1) is 28.8 Å². The Balaban J connectivity index is 0.922. The number of alkyl halides is 3. The van der Waals surface area contributed by atoms with Crippen molar-refractivity contribution < 1.29 is 27.5 Å². The number of amides is 2. The number of alkyl carbamates (subject to hydrolysis) is 1. The van der Waals surface area contributed by atoms with Crippen LogP contribution in [0.5, 0.6) is 0 Å². The lowest BCUT2D eigenvalue weighted by Crippen LogP contribution is -2.25. The van der Waals surface area contributed by atoms with Gasteiger partial charge in [0.1, 0.15) is 6.61 Å². The van der Waals surface area contributed by atoms with E-state index in [4.69, 9.17) is 4.74 Å². The van der Waals surface area contributed by atoms with Crippen LogP contribution in [0, 0.1) is 0 Å². The molecule has 0 unspecified atom stereocenters. The first-order valence-corrected chi connectivity index (χ1v) is 16.9.